The van der Waals surface area contributed by atoms with E-state index >= 15 is 0 Å². The molecule has 2 rings (SSSR count). The molecule has 1 saturated heterocycles. The van der Waals surface area contributed by atoms with E-state index in [1.165, 1.54) is 0 Å². The summed E-state index contributed by atoms with van der Waals surface area (Å²) in [6, 6.07) is 5.78. The normalized spacial score (nSPS) is 17.7. The molecular formula is C16H19N5O. The smallest absolute Gasteiger partial charge is 0.223 e. The molecule has 1 aliphatic rings. The van der Waals surface area contributed by atoms with Crippen LogP contribution in [-0.4, -0.2) is 48.0 Å². The van der Waals surface area contributed by atoms with Crippen molar-refractivity contribution in [1.82, 2.24) is 9.88 Å². The summed E-state index contributed by atoms with van der Waals surface area (Å²) in [5, 5.41) is 8.80. The van der Waals surface area contributed by atoms with Gasteiger partial charge in [-0.1, -0.05) is 0 Å². The second kappa shape index (κ2) is 7.42. The molecule has 1 amide bonds. The molecule has 0 bridgehead atoms. The van der Waals surface area contributed by atoms with Crippen LogP contribution in [0.4, 0.5) is 5.82 Å². The molecule has 6 nitrogen and oxygen atoms in total. The van der Waals surface area contributed by atoms with Gasteiger partial charge in [0.05, 0.1) is 5.56 Å². The molecule has 0 N–H and O–H groups in total. The second-order valence-electron chi connectivity index (χ2n) is 5.38. The Hall–Kier alpha value is -2.60. The van der Waals surface area contributed by atoms with E-state index in [4.69, 9.17) is 11.8 Å². The van der Waals surface area contributed by atoms with Crippen LogP contribution in [0.1, 0.15) is 25.3 Å². The Balaban J connectivity index is 1.93. The Morgan fingerprint density at radius 3 is 2.95 bits per heavy atom. The van der Waals surface area contributed by atoms with E-state index in [0.29, 0.717) is 31.5 Å². The predicted molar refractivity (Wildman–Crippen MR) is 83.0 cm³/mol. The zero-order chi connectivity index (χ0) is 15.9. The number of piperazine rings is 1. The number of aromatic nitrogens is 1. The van der Waals surface area contributed by atoms with Crippen molar-refractivity contribution in [2.24, 2.45) is 0 Å². The summed E-state index contributed by atoms with van der Waals surface area (Å²) in [5.74, 6) is 0.967. The SMILES string of the molecule is [C-]#[N+]CCCC(=O)N1CCN(c2ccc(C#N)cn2)CC1C. The number of anilines is 1. The number of carbonyl (C=O) groups is 1. The van der Waals surface area contributed by atoms with Crippen molar-refractivity contribution >= 4 is 11.7 Å². The molecule has 1 aromatic heterocycles. The molecule has 0 aliphatic carbocycles. The van der Waals surface area contributed by atoms with Crippen LogP contribution in [0.2, 0.25) is 0 Å². The average molecular weight is 297 g/mol. The third-order valence-corrected chi connectivity index (χ3v) is 3.81. The molecule has 0 radical (unpaired) electrons. The van der Waals surface area contributed by atoms with Gasteiger partial charge in [0.15, 0.2) is 0 Å². The van der Waals surface area contributed by atoms with E-state index in [-0.39, 0.29) is 11.9 Å². The molecule has 1 unspecified atom stereocenters. The third kappa shape index (κ3) is 3.73. The summed E-state index contributed by atoms with van der Waals surface area (Å²) in [5.41, 5.74) is 0.547. The zero-order valence-corrected chi connectivity index (χ0v) is 12.7. The lowest BCUT2D eigenvalue weighted by Crippen LogP contribution is -2.54. The molecule has 1 atom stereocenters. The molecular weight excluding hydrogens is 278 g/mol. The molecule has 114 valence electrons. The van der Waals surface area contributed by atoms with Crippen molar-refractivity contribution in [2.45, 2.75) is 25.8 Å². The highest BCUT2D eigenvalue weighted by Gasteiger charge is 2.27. The van der Waals surface area contributed by atoms with Crippen molar-refractivity contribution in [2.75, 3.05) is 31.1 Å². The Kier molecular flexibility index (Phi) is 5.32. The molecule has 2 heterocycles. The summed E-state index contributed by atoms with van der Waals surface area (Å²) in [7, 11) is 0. The fourth-order valence-corrected chi connectivity index (χ4v) is 2.63. The van der Waals surface area contributed by atoms with Gasteiger partial charge >= 0.3 is 0 Å². The van der Waals surface area contributed by atoms with Gasteiger partial charge < -0.3 is 14.6 Å². The highest BCUT2D eigenvalue weighted by Crippen LogP contribution is 2.18. The predicted octanol–water partition coefficient (Wildman–Crippen LogP) is 1.69. The minimum Gasteiger partial charge on any atom is -0.353 e. The first-order valence-corrected chi connectivity index (χ1v) is 7.39. The molecule has 1 fully saturated rings. The van der Waals surface area contributed by atoms with Gasteiger partial charge in [-0.25, -0.2) is 11.6 Å². The average Bonchev–Trinajstić information content (AvgIpc) is 2.55. The van der Waals surface area contributed by atoms with Gasteiger partial charge in [0, 0.05) is 44.7 Å². The zero-order valence-electron chi connectivity index (χ0n) is 12.7. The van der Waals surface area contributed by atoms with Gasteiger partial charge in [0.1, 0.15) is 11.9 Å². The van der Waals surface area contributed by atoms with Crippen LogP contribution in [0.25, 0.3) is 4.85 Å². The number of carbonyl (C=O) groups excluding carboxylic acids is 1. The van der Waals surface area contributed by atoms with Gasteiger partial charge in [0.2, 0.25) is 12.5 Å². The van der Waals surface area contributed by atoms with Crippen molar-refractivity contribution < 1.29 is 4.79 Å². The summed E-state index contributed by atoms with van der Waals surface area (Å²) < 4.78 is 0. The lowest BCUT2D eigenvalue weighted by atomic mass is 10.1. The third-order valence-electron chi connectivity index (χ3n) is 3.81. The van der Waals surface area contributed by atoms with E-state index in [0.717, 1.165) is 18.9 Å². The topological polar surface area (TPSA) is 64.6 Å². The van der Waals surface area contributed by atoms with E-state index in [2.05, 4.69) is 20.8 Å². The first-order valence-electron chi connectivity index (χ1n) is 7.39. The lowest BCUT2D eigenvalue weighted by molar-refractivity contribution is -0.133. The van der Waals surface area contributed by atoms with Crippen molar-refractivity contribution in [1.29, 1.82) is 5.26 Å². The van der Waals surface area contributed by atoms with Crippen LogP contribution in [0.15, 0.2) is 18.3 Å². The molecule has 1 aromatic rings. The van der Waals surface area contributed by atoms with Gasteiger partial charge in [-0.3, -0.25) is 4.79 Å². The Morgan fingerprint density at radius 1 is 1.55 bits per heavy atom. The number of rotatable bonds is 4. The van der Waals surface area contributed by atoms with Gasteiger partial charge in [-0.15, -0.1) is 0 Å². The lowest BCUT2D eigenvalue weighted by Gasteiger charge is -2.40. The maximum atomic E-state index is 12.2. The molecule has 6 heteroatoms. The number of amides is 1. The minimum absolute atomic E-state index is 0.117. The molecule has 0 aromatic carbocycles. The Labute approximate surface area is 130 Å². The standard InChI is InChI=1S/C16H19N5O/c1-13-12-20(15-6-5-14(10-17)11-19-15)8-9-21(13)16(22)4-3-7-18-2/h5-6,11,13H,3-4,7-9,12H2,1H3. The number of nitriles is 1. The minimum atomic E-state index is 0.117. The number of nitrogens with zero attached hydrogens (tertiary/aromatic N) is 5. The molecule has 22 heavy (non-hydrogen) atoms. The summed E-state index contributed by atoms with van der Waals surface area (Å²) in [6.07, 6.45) is 2.65. The quantitative estimate of drug-likeness (QED) is 0.626. The van der Waals surface area contributed by atoms with Crippen molar-refractivity contribution in [3.63, 3.8) is 0 Å². The number of hydrogen-bond acceptors (Lipinski definition) is 4. The fraction of sp³-hybridized carbons (Fsp3) is 0.500. The fourth-order valence-electron chi connectivity index (χ4n) is 2.63. The van der Waals surface area contributed by atoms with E-state index < -0.39 is 0 Å². The number of hydrogen-bond donors (Lipinski definition) is 0. The molecule has 1 aliphatic heterocycles. The van der Waals surface area contributed by atoms with Gasteiger partial charge in [0.25, 0.3) is 0 Å². The van der Waals surface area contributed by atoms with Crippen LogP contribution < -0.4 is 4.90 Å². The van der Waals surface area contributed by atoms with Crippen LogP contribution >= 0.6 is 0 Å². The summed E-state index contributed by atoms with van der Waals surface area (Å²) >= 11 is 0. The van der Waals surface area contributed by atoms with E-state index in [1.807, 2.05) is 17.9 Å². The Morgan fingerprint density at radius 2 is 2.36 bits per heavy atom. The van der Waals surface area contributed by atoms with E-state index in [1.54, 1.807) is 12.3 Å². The van der Waals surface area contributed by atoms with Crippen LogP contribution in [0, 0.1) is 17.9 Å². The first-order chi connectivity index (χ1) is 10.7. The maximum Gasteiger partial charge on any atom is 0.223 e. The maximum absolute atomic E-state index is 12.2. The highest BCUT2D eigenvalue weighted by molar-refractivity contribution is 5.77. The van der Waals surface area contributed by atoms with E-state index in [9.17, 15) is 4.79 Å². The van der Waals surface area contributed by atoms with Gasteiger partial charge in [-0.2, -0.15) is 5.26 Å². The largest absolute Gasteiger partial charge is 0.353 e. The van der Waals surface area contributed by atoms with Crippen molar-refractivity contribution in [3.05, 3.63) is 35.3 Å². The highest BCUT2D eigenvalue weighted by atomic mass is 16.2. The first kappa shape index (κ1) is 15.8. The van der Waals surface area contributed by atoms with Crippen LogP contribution in [0.5, 0.6) is 0 Å². The van der Waals surface area contributed by atoms with Crippen molar-refractivity contribution in [3.8, 4) is 6.07 Å². The Bertz CT molecular complexity index is 598. The second-order valence-corrected chi connectivity index (χ2v) is 5.38. The monoisotopic (exact) mass is 297 g/mol. The van der Waals surface area contributed by atoms with Crippen LogP contribution in [-0.2, 0) is 4.79 Å². The molecule has 0 saturated carbocycles. The summed E-state index contributed by atoms with van der Waals surface area (Å²) in [6.45, 7) is 11.3. The molecule has 0 spiro atoms. The van der Waals surface area contributed by atoms with Gasteiger partial charge in [-0.05, 0) is 19.1 Å². The number of pyridine rings is 1. The summed E-state index contributed by atoms with van der Waals surface area (Å²) in [4.78, 5) is 23.8. The van der Waals surface area contributed by atoms with Crippen LogP contribution in [0.3, 0.4) is 0 Å².